The van der Waals surface area contributed by atoms with E-state index in [9.17, 15) is 0 Å². The Balaban J connectivity index is 3.25. The van der Waals surface area contributed by atoms with Gasteiger partial charge in [0.25, 0.3) is 0 Å². The molecular weight excluding hydrogens is 182 g/mol. The summed E-state index contributed by atoms with van der Waals surface area (Å²) in [5, 5.41) is 3.53. The fourth-order valence-corrected chi connectivity index (χ4v) is 2.13. The van der Waals surface area contributed by atoms with Crippen LogP contribution in [0.3, 0.4) is 0 Å². The highest BCUT2D eigenvalue weighted by Crippen LogP contribution is 2.05. The third-order valence-corrected chi connectivity index (χ3v) is 3.02. The molecule has 0 rings (SSSR count). The van der Waals surface area contributed by atoms with Crippen molar-refractivity contribution >= 4 is 11.8 Å². The third-order valence-electron chi connectivity index (χ3n) is 1.93. The molecule has 0 radical (unpaired) electrons. The van der Waals surface area contributed by atoms with E-state index in [0.717, 1.165) is 18.9 Å². The van der Waals surface area contributed by atoms with E-state index in [0.29, 0.717) is 6.04 Å². The zero-order valence-electron chi connectivity index (χ0n) is 9.14. The maximum Gasteiger partial charge on any atom is 0.0552 e. The molecule has 0 saturated heterocycles. The van der Waals surface area contributed by atoms with Crippen LogP contribution in [-0.2, 0) is 4.74 Å². The smallest absolute Gasteiger partial charge is 0.0552 e. The lowest BCUT2D eigenvalue weighted by molar-refractivity contribution is 0.218. The van der Waals surface area contributed by atoms with Gasteiger partial charge in [-0.15, -0.1) is 0 Å². The highest BCUT2D eigenvalue weighted by molar-refractivity contribution is 7.99. The van der Waals surface area contributed by atoms with Gasteiger partial charge in [-0.05, 0) is 19.4 Å². The van der Waals surface area contributed by atoms with Gasteiger partial charge in [0.2, 0.25) is 0 Å². The van der Waals surface area contributed by atoms with Gasteiger partial charge in [-0.1, -0.05) is 13.8 Å². The van der Waals surface area contributed by atoms with Crippen molar-refractivity contribution in [3.05, 3.63) is 0 Å². The van der Waals surface area contributed by atoms with Crippen LogP contribution in [0.4, 0.5) is 0 Å². The first kappa shape index (κ1) is 13.3. The molecule has 0 aromatic rings. The van der Waals surface area contributed by atoms with E-state index >= 15 is 0 Å². The minimum Gasteiger partial charge on any atom is -0.384 e. The van der Waals surface area contributed by atoms with Crippen LogP contribution in [0.1, 0.15) is 26.7 Å². The number of thioether (sulfide) groups is 1. The lowest BCUT2D eigenvalue weighted by Gasteiger charge is -2.15. The number of hydrogen-bond acceptors (Lipinski definition) is 3. The van der Waals surface area contributed by atoms with Crippen LogP contribution in [0.5, 0.6) is 0 Å². The average molecular weight is 205 g/mol. The van der Waals surface area contributed by atoms with E-state index < -0.39 is 0 Å². The van der Waals surface area contributed by atoms with Gasteiger partial charge >= 0.3 is 0 Å². The zero-order chi connectivity index (χ0) is 9.94. The molecule has 0 bridgehead atoms. The average Bonchev–Trinajstić information content (AvgIpc) is 2.17. The SMILES string of the molecule is CCCNC(CC)CSCCOC. The van der Waals surface area contributed by atoms with Crippen LogP contribution >= 0.6 is 11.8 Å². The fraction of sp³-hybridized carbons (Fsp3) is 1.00. The standard InChI is InChI=1S/C10H23NOS/c1-4-6-11-10(5-2)9-13-8-7-12-3/h10-11H,4-9H2,1-3H3. The highest BCUT2D eigenvalue weighted by Gasteiger charge is 2.03. The van der Waals surface area contributed by atoms with Crippen LogP contribution in [0.25, 0.3) is 0 Å². The second-order valence-corrected chi connectivity index (χ2v) is 4.28. The predicted octanol–water partition coefficient (Wildman–Crippen LogP) is 2.14. The van der Waals surface area contributed by atoms with Crippen LogP contribution in [0.15, 0.2) is 0 Å². The van der Waals surface area contributed by atoms with Gasteiger partial charge < -0.3 is 10.1 Å². The number of ether oxygens (including phenoxy) is 1. The molecule has 0 saturated carbocycles. The summed E-state index contributed by atoms with van der Waals surface area (Å²) >= 11 is 1.97. The summed E-state index contributed by atoms with van der Waals surface area (Å²) in [4.78, 5) is 0. The molecule has 0 heterocycles. The normalized spacial score (nSPS) is 13.2. The largest absolute Gasteiger partial charge is 0.384 e. The second-order valence-electron chi connectivity index (χ2n) is 3.13. The summed E-state index contributed by atoms with van der Waals surface area (Å²) in [6, 6.07) is 0.682. The number of hydrogen-bond donors (Lipinski definition) is 1. The summed E-state index contributed by atoms with van der Waals surface area (Å²) < 4.78 is 5.00. The van der Waals surface area contributed by atoms with E-state index in [2.05, 4.69) is 19.2 Å². The molecule has 0 aliphatic rings. The summed E-state index contributed by atoms with van der Waals surface area (Å²) in [6.07, 6.45) is 2.44. The minimum absolute atomic E-state index is 0.682. The molecular formula is C10H23NOS. The zero-order valence-corrected chi connectivity index (χ0v) is 9.95. The van der Waals surface area contributed by atoms with Gasteiger partial charge in [0, 0.05) is 24.7 Å². The van der Waals surface area contributed by atoms with Crippen molar-refractivity contribution in [2.45, 2.75) is 32.7 Å². The highest BCUT2D eigenvalue weighted by atomic mass is 32.2. The molecule has 3 heteroatoms. The number of methoxy groups -OCH3 is 1. The van der Waals surface area contributed by atoms with Crippen molar-refractivity contribution in [2.24, 2.45) is 0 Å². The topological polar surface area (TPSA) is 21.3 Å². The minimum atomic E-state index is 0.682. The van der Waals surface area contributed by atoms with Crippen molar-refractivity contribution in [2.75, 3.05) is 31.8 Å². The Labute approximate surface area is 86.8 Å². The molecule has 0 aliphatic carbocycles. The molecule has 0 aromatic carbocycles. The third kappa shape index (κ3) is 8.60. The van der Waals surface area contributed by atoms with Crippen molar-refractivity contribution in [1.82, 2.24) is 5.32 Å². The van der Waals surface area contributed by atoms with Crippen LogP contribution in [0.2, 0.25) is 0 Å². The van der Waals surface area contributed by atoms with Crippen molar-refractivity contribution < 1.29 is 4.74 Å². The van der Waals surface area contributed by atoms with E-state index in [4.69, 9.17) is 4.74 Å². The van der Waals surface area contributed by atoms with Gasteiger partial charge in [-0.2, -0.15) is 11.8 Å². The Morgan fingerprint density at radius 3 is 2.69 bits per heavy atom. The maximum absolute atomic E-state index is 5.00. The van der Waals surface area contributed by atoms with Gasteiger partial charge in [0.1, 0.15) is 0 Å². The molecule has 2 nitrogen and oxygen atoms in total. The van der Waals surface area contributed by atoms with Gasteiger partial charge in [0.05, 0.1) is 6.61 Å². The molecule has 1 N–H and O–H groups in total. The Bertz CT molecular complexity index is 101. The second kappa shape index (κ2) is 10.4. The van der Waals surface area contributed by atoms with Crippen molar-refractivity contribution in [3.63, 3.8) is 0 Å². The number of rotatable bonds is 9. The van der Waals surface area contributed by atoms with Crippen LogP contribution < -0.4 is 5.32 Å². The van der Waals surface area contributed by atoms with E-state index in [1.165, 1.54) is 18.6 Å². The van der Waals surface area contributed by atoms with Crippen LogP contribution in [0, 0.1) is 0 Å². The summed E-state index contributed by atoms with van der Waals surface area (Å²) in [7, 11) is 1.76. The number of nitrogens with one attached hydrogen (secondary N) is 1. The van der Waals surface area contributed by atoms with Crippen LogP contribution in [-0.4, -0.2) is 37.8 Å². The lowest BCUT2D eigenvalue weighted by atomic mass is 10.2. The molecule has 0 aromatic heterocycles. The molecule has 1 atom stereocenters. The molecule has 13 heavy (non-hydrogen) atoms. The fourth-order valence-electron chi connectivity index (χ4n) is 1.04. The molecule has 0 aliphatic heterocycles. The Kier molecular flexibility index (Phi) is 10.6. The molecule has 0 amide bonds. The first-order valence-corrected chi connectivity index (χ1v) is 6.30. The van der Waals surface area contributed by atoms with Crippen molar-refractivity contribution in [3.8, 4) is 0 Å². The molecule has 0 spiro atoms. The lowest BCUT2D eigenvalue weighted by Crippen LogP contribution is -2.31. The van der Waals surface area contributed by atoms with Crippen molar-refractivity contribution in [1.29, 1.82) is 0 Å². The van der Waals surface area contributed by atoms with E-state index in [-0.39, 0.29) is 0 Å². The van der Waals surface area contributed by atoms with E-state index in [1.54, 1.807) is 7.11 Å². The summed E-state index contributed by atoms with van der Waals surface area (Å²) in [5.41, 5.74) is 0. The molecule has 0 fully saturated rings. The maximum atomic E-state index is 5.00. The van der Waals surface area contributed by atoms with Gasteiger partial charge in [-0.25, -0.2) is 0 Å². The summed E-state index contributed by atoms with van der Waals surface area (Å²) in [5.74, 6) is 2.32. The monoisotopic (exact) mass is 205 g/mol. The molecule has 80 valence electrons. The first-order chi connectivity index (χ1) is 6.35. The predicted molar refractivity (Wildman–Crippen MR) is 61.6 cm³/mol. The molecule has 1 unspecified atom stereocenters. The first-order valence-electron chi connectivity index (χ1n) is 5.15. The van der Waals surface area contributed by atoms with E-state index in [1.807, 2.05) is 11.8 Å². The summed E-state index contributed by atoms with van der Waals surface area (Å²) in [6.45, 7) is 6.46. The Morgan fingerprint density at radius 2 is 2.15 bits per heavy atom. The van der Waals surface area contributed by atoms with Gasteiger partial charge in [-0.3, -0.25) is 0 Å². The van der Waals surface area contributed by atoms with Gasteiger partial charge in [0.15, 0.2) is 0 Å². The Hall–Kier alpha value is 0.270. The Morgan fingerprint density at radius 1 is 1.38 bits per heavy atom. The quantitative estimate of drug-likeness (QED) is 0.583.